The molecule has 1 aromatic carbocycles. The minimum absolute atomic E-state index is 0.0583. The molecule has 5 rings (SSSR count). The van der Waals surface area contributed by atoms with Gasteiger partial charge in [-0.1, -0.05) is 25.5 Å². The van der Waals surface area contributed by atoms with E-state index in [0.717, 1.165) is 0 Å². The molecule has 8 heteroatoms. The molecular weight excluding hydrogens is 492 g/mol. The van der Waals surface area contributed by atoms with Crippen molar-refractivity contribution in [3.8, 4) is 5.75 Å². The molecule has 0 radical (unpaired) electrons. The van der Waals surface area contributed by atoms with Gasteiger partial charge in [0.05, 0.1) is 12.7 Å². The van der Waals surface area contributed by atoms with E-state index in [2.05, 4.69) is 5.32 Å². The number of carbonyl (C=O) groups excluding carboxylic acids is 2. The zero-order valence-electron chi connectivity index (χ0n) is 22.2. The number of halogens is 2. The molecule has 3 fully saturated rings. The number of rotatable bonds is 6. The van der Waals surface area contributed by atoms with Crippen LogP contribution in [0.5, 0.6) is 5.75 Å². The Morgan fingerprint density at radius 1 is 1.21 bits per heavy atom. The average Bonchev–Trinajstić information content (AvgIpc) is 3.07. The summed E-state index contributed by atoms with van der Waals surface area (Å²) in [7, 11) is 0. The van der Waals surface area contributed by atoms with E-state index < -0.39 is 45.9 Å². The molecule has 0 spiro atoms. The van der Waals surface area contributed by atoms with Gasteiger partial charge < -0.3 is 20.3 Å². The van der Waals surface area contributed by atoms with Crippen LogP contribution >= 0.6 is 0 Å². The Hall–Kier alpha value is -2.58. The third kappa shape index (κ3) is 3.70. The van der Waals surface area contributed by atoms with Crippen molar-refractivity contribution < 1.29 is 33.3 Å². The third-order valence-corrected chi connectivity index (χ3v) is 10.3. The van der Waals surface area contributed by atoms with E-state index in [1.165, 1.54) is 36.4 Å². The highest BCUT2D eigenvalue weighted by molar-refractivity contribution is 6.01. The summed E-state index contributed by atoms with van der Waals surface area (Å²) in [6, 6.07) is 5.68. The van der Waals surface area contributed by atoms with Gasteiger partial charge >= 0.3 is 0 Å². The molecule has 1 amide bonds. The summed E-state index contributed by atoms with van der Waals surface area (Å²) < 4.78 is 35.8. The van der Waals surface area contributed by atoms with E-state index in [1.54, 1.807) is 13.0 Å². The number of aliphatic hydroxyl groups excluding tert-OH is 1. The number of allylic oxidation sites excluding steroid dienone is 4. The predicted molar refractivity (Wildman–Crippen MR) is 137 cm³/mol. The first-order valence-electron chi connectivity index (χ1n) is 13.6. The van der Waals surface area contributed by atoms with Gasteiger partial charge in [0.1, 0.15) is 11.6 Å². The number of nitrogens with one attached hydrogen (secondary N) is 1. The van der Waals surface area contributed by atoms with Crippen LogP contribution in [0.1, 0.15) is 52.9 Å². The number of fused-ring (bicyclic) bond motifs is 5. The first-order valence-corrected chi connectivity index (χ1v) is 13.6. The maximum Gasteiger partial charge on any atom is 0.252 e. The van der Waals surface area contributed by atoms with E-state index >= 15 is 4.39 Å². The Balaban J connectivity index is 1.31. The second-order valence-corrected chi connectivity index (χ2v) is 12.1. The molecule has 8 atom stereocenters. The fourth-order valence-corrected chi connectivity index (χ4v) is 8.16. The standard InChI is InChI=1S/C30H37F2NO5/c1-18-15-24-23-10-5-19-16-21(34)11-12-27(19,2)29(23,32)25(35)17-28(24,3)30(18,37)26(36)33-13-4-14-38-22-8-6-20(31)7-9-22/h6-9,11-12,16,18,23-25,35,37H,4-5,10,13-15,17H2,1-3H3,(H,33,36)/t18-,23+,24+,25+,27+,28+,29+,30+/m1/s1. The van der Waals surface area contributed by atoms with Crippen LogP contribution in [0.15, 0.2) is 48.1 Å². The zero-order chi connectivity index (χ0) is 27.5. The molecule has 38 heavy (non-hydrogen) atoms. The van der Waals surface area contributed by atoms with Crippen molar-refractivity contribution in [3.05, 3.63) is 53.9 Å². The molecule has 4 aliphatic carbocycles. The lowest BCUT2D eigenvalue weighted by atomic mass is 9.44. The Morgan fingerprint density at radius 3 is 2.63 bits per heavy atom. The molecule has 3 N–H and O–H groups in total. The number of ether oxygens (including phenoxy) is 1. The fourth-order valence-electron chi connectivity index (χ4n) is 8.16. The van der Waals surface area contributed by atoms with E-state index in [4.69, 9.17) is 4.74 Å². The van der Waals surface area contributed by atoms with Crippen LogP contribution in [-0.4, -0.2) is 52.4 Å². The van der Waals surface area contributed by atoms with E-state index in [1.807, 2.05) is 13.8 Å². The highest BCUT2D eigenvalue weighted by Gasteiger charge is 2.75. The van der Waals surface area contributed by atoms with Crippen LogP contribution in [-0.2, 0) is 9.59 Å². The van der Waals surface area contributed by atoms with Gasteiger partial charge in [-0.3, -0.25) is 9.59 Å². The van der Waals surface area contributed by atoms with Crippen molar-refractivity contribution in [3.63, 3.8) is 0 Å². The van der Waals surface area contributed by atoms with Gasteiger partial charge in [0.25, 0.3) is 5.91 Å². The van der Waals surface area contributed by atoms with Gasteiger partial charge in [-0.15, -0.1) is 0 Å². The molecule has 0 bridgehead atoms. The van der Waals surface area contributed by atoms with Crippen molar-refractivity contribution in [2.24, 2.45) is 28.6 Å². The van der Waals surface area contributed by atoms with Crippen LogP contribution in [0.3, 0.4) is 0 Å². The number of carbonyl (C=O) groups is 2. The molecular formula is C30H37F2NO5. The van der Waals surface area contributed by atoms with Gasteiger partial charge in [0.2, 0.25) is 0 Å². The summed E-state index contributed by atoms with van der Waals surface area (Å²) >= 11 is 0. The number of hydrogen-bond donors (Lipinski definition) is 3. The summed E-state index contributed by atoms with van der Waals surface area (Å²) in [6.45, 7) is 5.96. The SMILES string of the molecule is C[C@@H]1C[C@H]2[C@@H]3CCC4=CC(=O)C=C[C@]4(C)[C@@]3(F)[C@@H](O)C[C@]2(C)[C@@]1(O)C(=O)NCCCOc1ccc(F)cc1. The zero-order valence-corrected chi connectivity index (χ0v) is 22.2. The van der Waals surface area contributed by atoms with Crippen molar-refractivity contribution in [1.29, 1.82) is 0 Å². The summed E-state index contributed by atoms with van der Waals surface area (Å²) in [5, 5.41) is 26.2. The van der Waals surface area contributed by atoms with Gasteiger partial charge in [0, 0.05) is 23.3 Å². The maximum absolute atomic E-state index is 17.2. The van der Waals surface area contributed by atoms with Gasteiger partial charge in [0.15, 0.2) is 17.1 Å². The number of benzene rings is 1. The number of aliphatic hydroxyl groups is 2. The summed E-state index contributed by atoms with van der Waals surface area (Å²) in [5.74, 6) is -1.82. The number of amides is 1. The molecule has 0 aromatic heterocycles. The van der Waals surface area contributed by atoms with E-state index in [9.17, 15) is 24.2 Å². The van der Waals surface area contributed by atoms with Gasteiger partial charge in [-0.25, -0.2) is 8.78 Å². The number of alkyl halides is 1. The molecule has 6 nitrogen and oxygen atoms in total. The molecule has 1 aromatic rings. The molecule has 0 unspecified atom stereocenters. The second-order valence-electron chi connectivity index (χ2n) is 12.1. The van der Waals surface area contributed by atoms with Crippen LogP contribution in [0, 0.1) is 34.4 Å². The van der Waals surface area contributed by atoms with Gasteiger partial charge in [-0.05, 0) is 87.3 Å². The van der Waals surface area contributed by atoms with Crippen molar-refractivity contribution in [2.45, 2.75) is 70.2 Å². The van der Waals surface area contributed by atoms with Crippen molar-refractivity contribution >= 4 is 11.7 Å². The topological polar surface area (TPSA) is 95.9 Å². The Labute approximate surface area is 222 Å². The quantitative estimate of drug-likeness (QED) is 0.483. The minimum Gasteiger partial charge on any atom is -0.494 e. The summed E-state index contributed by atoms with van der Waals surface area (Å²) in [4.78, 5) is 25.5. The normalized spacial score (nSPS) is 41.6. The Morgan fingerprint density at radius 2 is 1.92 bits per heavy atom. The molecule has 206 valence electrons. The monoisotopic (exact) mass is 529 g/mol. The highest BCUT2D eigenvalue weighted by Crippen LogP contribution is 2.70. The van der Waals surface area contributed by atoms with Gasteiger partial charge in [-0.2, -0.15) is 0 Å². The van der Waals surface area contributed by atoms with Crippen molar-refractivity contribution in [1.82, 2.24) is 5.32 Å². The fraction of sp³-hybridized carbons (Fsp3) is 0.600. The third-order valence-electron chi connectivity index (χ3n) is 10.3. The first-order chi connectivity index (χ1) is 17.9. The first kappa shape index (κ1) is 27.0. The van der Waals surface area contributed by atoms with Crippen LogP contribution < -0.4 is 10.1 Å². The number of ketones is 1. The second kappa shape index (κ2) is 9.26. The van der Waals surface area contributed by atoms with Crippen LogP contribution in [0.4, 0.5) is 8.78 Å². The van der Waals surface area contributed by atoms with E-state index in [0.29, 0.717) is 43.6 Å². The Bertz CT molecular complexity index is 1180. The molecule has 0 heterocycles. The summed E-state index contributed by atoms with van der Waals surface area (Å²) in [5.41, 5.74) is -5.20. The highest BCUT2D eigenvalue weighted by atomic mass is 19.1. The number of hydrogen-bond acceptors (Lipinski definition) is 5. The van der Waals surface area contributed by atoms with Crippen LogP contribution in [0.25, 0.3) is 0 Å². The van der Waals surface area contributed by atoms with Crippen molar-refractivity contribution in [2.75, 3.05) is 13.2 Å². The minimum atomic E-state index is -2.00. The van der Waals surface area contributed by atoms with Crippen LogP contribution in [0.2, 0.25) is 0 Å². The molecule has 4 aliphatic rings. The smallest absolute Gasteiger partial charge is 0.252 e. The summed E-state index contributed by atoms with van der Waals surface area (Å²) in [6.07, 6.45) is 4.95. The molecule has 0 saturated heterocycles. The lowest BCUT2D eigenvalue weighted by Gasteiger charge is -2.62. The Kier molecular flexibility index (Phi) is 6.58. The largest absolute Gasteiger partial charge is 0.494 e. The molecule has 3 saturated carbocycles. The predicted octanol–water partition coefficient (Wildman–Crippen LogP) is 4.06. The average molecular weight is 530 g/mol. The lowest BCUT2D eigenvalue weighted by molar-refractivity contribution is -0.219. The lowest BCUT2D eigenvalue weighted by Crippen LogP contribution is -2.70. The molecule has 0 aliphatic heterocycles. The van der Waals surface area contributed by atoms with E-state index in [-0.39, 0.29) is 30.5 Å². The maximum atomic E-state index is 17.2.